The summed E-state index contributed by atoms with van der Waals surface area (Å²) >= 11 is 0. The third kappa shape index (κ3) is 7.18. The van der Waals surface area contributed by atoms with Gasteiger partial charge in [-0.25, -0.2) is 0 Å². The molecule has 0 saturated carbocycles. The summed E-state index contributed by atoms with van der Waals surface area (Å²) < 4.78 is 46.1. The van der Waals surface area contributed by atoms with Gasteiger partial charge in [-0.05, 0) is 31.2 Å². The van der Waals surface area contributed by atoms with E-state index >= 15 is 0 Å². The van der Waals surface area contributed by atoms with Gasteiger partial charge in [0.25, 0.3) is 0 Å². The van der Waals surface area contributed by atoms with Gasteiger partial charge in [0, 0.05) is 29.8 Å². The number of benzene rings is 3. The summed E-state index contributed by atoms with van der Waals surface area (Å²) in [4.78, 5) is 14.0. The summed E-state index contributed by atoms with van der Waals surface area (Å²) in [6, 6.07) is 9.81. The van der Waals surface area contributed by atoms with Crippen LogP contribution in [-0.4, -0.2) is 128 Å². The van der Waals surface area contributed by atoms with Crippen molar-refractivity contribution in [2.45, 2.75) is 68.3 Å². The molecule has 2 aliphatic rings. The molecule has 18 nitrogen and oxygen atoms in total. The highest BCUT2D eigenvalue weighted by Crippen LogP contribution is 2.42. The van der Waals surface area contributed by atoms with Crippen molar-refractivity contribution >= 4 is 11.0 Å². The van der Waals surface area contributed by atoms with Gasteiger partial charge in [-0.15, -0.1) is 0 Å². The lowest BCUT2D eigenvalue weighted by atomic mass is 9.97. The van der Waals surface area contributed by atoms with Crippen molar-refractivity contribution in [1.29, 1.82) is 0 Å². The molecule has 3 aromatic carbocycles. The van der Waals surface area contributed by atoms with Crippen LogP contribution in [0.5, 0.6) is 46.0 Å². The molecule has 0 spiro atoms. The quantitative estimate of drug-likeness (QED) is 0.106. The number of aliphatic hydroxyl groups excluding tert-OH is 5. The molecule has 0 bridgehead atoms. The summed E-state index contributed by atoms with van der Waals surface area (Å²) in [6.07, 6.45) is -16.5. The van der Waals surface area contributed by atoms with E-state index in [0.717, 1.165) is 12.1 Å². The van der Waals surface area contributed by atoms with Crippen molar-refractivity contribution in [2.24, 2.45) is 0 Å². The first-order chi connectivity index (χ1) is 25.3. The maximum absolute atomic E-state index is 14.0. The average molecular weight is 747 g/mol. The van der Waals surface area contributed by atoms with Crippen molar-refractivity contribution in [3.05, 3.63) is 58.8 Å². The molecule has 18 heteroatoms. The SMILES string of the molecule is COc1cc(O[C@H]2[C@H](O[C@H]3[C@H](Oc4c(-c5ccc(O)cc5)oc5cc(O)cc(O)c5c4=O)O[C@H](CO)[C@H](O)[C@@H]3O)O[C@@H](C)[C@H](O)[C@H]2O)cc(OC)c1O. The van der Waals surface area contributed by atoms with Gasteiger partial charge in [0.1, 0.15) is 64.5 Å². The van der Waals surface area contributed by atoms with E-state index < -0.39 is 96.1 Å². The smallest absolute Gasteiger partial charge is 0.239 e. The van der Waals surface area contributed by atoms with E-state index in [9.17, 15) is 50.8 Å². The Morgan fingerprint density at radius 3 is 2.00 bits per heavy atom. The highest BCUT2D eigenvalue weighted by atomic mass is 16.8. The summed E-state index contributed by atoms with van der Waals surface area (Å²) in [5.74, 6) is -2.67. The molecule has 9 N–H and O–H groups in total. The number of methoxy groups -OCH3 is 2. The molecular weight excluding hydrogens is 708 g/mol. The second kappa shape index (κ2) is 15.1. The lowest BCUT2D eigenvalue weighted by Gasteiger charge is -2.46. The molecular formula is C35H38O18. The lowest BCUT2D eigenvalue weighted by Crippen LogP contribution is -2.65. The monoisotopic (exact) mass is 746 g/mol. The largest absolute Gasteiger partial charge is 0.508 e. The number of hydrogen-bond acceptors (Lipinski definition) is 18. The van der Waals surface area contributed by atoms with Gasteiger partial charge in [0.05, 0.1) is 26.9 Å². The van der Waals surface area contributed by atoms with E-state index in [1.165, 1.54) is 57.5 Å². The Morgan fingerprint density at radius 1 is 0.736 bits per heavy atom. The van der Waals surface area contributed by atoms with E-state index in [0.29, 0.717) is 0 Å². The molecule has 0 radical (unpaired) electrons. The Kier molecular flexibility index (Phi) is 10.8. The molecule has 6 rings (SSSR count). The highest BCUT2D eigenvalue weighted by Gasteiger charge is 2.52. The number of phenols is 4. The van der Waals surface area contributed by atoms with Crippen LogP contribution in [0.25, 0.3) is 22.3 Å². The predicted octanol–water partition coefficient (Wildman–Crippen LogP) is 0.417. The topological polar surface area (TPSA) is 277 Å². The van der Waals surface area contributed by atoms with Gasteiger partial charge >= 0.3 is 0 Å². The first kappa shape index (κ1) is 37.7. The van der Waals surface area contributed by atoms with E-state index in [-0.39, 0.29) is 45.7 Å². The third-order valence-corrected chi connectivity index (χ3v) is 8.91. The van der Waals surface area contributed by atoms with Crippen LogP contribution in [-0.2, 0) is 14.2 Å². The van der Waals surface area contributed by atoms with Gasteiger partial charge in [-0.1, -0.05) is 0 Å². The molecule has 3 heterocycles. The first-order valence-electron chi connectivity index (χ1n) is 16.2. The number of fused-ring (bicyclic) bond motifs is 1. The van der Waals surface area contributed by atoms with Crippen LogP contribution in [0.4, 0.5) is 0 Å². The fourth-order valence-corrected chi connectivity index (χ4v) is 6.08. The molecule has 286 valence electrons. The Balaban J connectivity index is 1.42. The number of hydrogen-bond donors (Lipinski definition) is 9. The zero-order chi connectivity index (χ0) is 38.3. The van der Waals surface area contributed by atoms with Crippen LogP contribution in [0.3, 0.4) is 0 Å². The molecule has 1 aromatic heterocycles. The number of aromatic hydroxyl groups is 4. The van der Waals surface area contributed by atoms with Crippen molar-refractivity contribution in [2.75, 3.05) is 20.8 Å². The van der Waals surface area contributed by atoms with Crippen molar-refractivity contribution in [3.63, 3.8) is 0 Å². The zero-order valence-corrected chi connectivity index (χ0v) is 28.3. The minimum atomic E-state index is -1.93. The third-order valence-electron chi connectivity index (χ3n) is 8.91. The molecule has 2 fully saturated rings. The summed E-state index contributed by atoms with van der Waals surface area (Å²) in [5, 5.41) is 94.7. The summed E-state index contributed by atoms with van der Waals surface area (Å²) in [6.45, 7) is 0.583. The molecule has 0 aliphatic carbocycles. The average Bonchev–Trinajstić information content (AvgIpc) is 3.13. The lowest BCUT2D eigenvalue weighted by molar-refractivity contribution is -0.351. The molecule has 2 aliphatic heterocycles. The fourth-order valence-electron chi connectivity index (χ4n) is 6.08. The molecule has 10 atom stereocenters. The molecule has 0 unspecified atom stereocenters. The van der Waals surface area contributed by atoms with Crippen molar-refractivity contribution < 1.29 is 83.5 Å². The molecule has 2 saturated heterocycles. The molecule has 53 heavy (non-hydrogen) atoms. The summed E-state index contributed by atoms with van der Waals surface area (Å²) in [7, 11) is 2.55. The second-order valence-corrected chi connectivity index (χ2v) is 12.3. The van der Waals surface area contributed by atoms with Gasteiger partial charge in [-0.3, -0.25) is 4.79 Å². The minimum absolute atomic E-state index is 0.0497. The number of rotatable bonds is 10. The van der Waals surface area contributed by atoms with E-state index in [1.807, 2.05) is 0 Å². The molecule has 0 amide bonds. The zero-order valence-electron chi connectivity index (χ0n) is 28.3. The standard InChI is InChI=1S/C35H38O18/c1-13-24(40)28(44)32(49-17-10-20(46-2)25(41)21(11-17)47-3)34(48-13)53-33-29(45)26(42)22(12-36)51-35(33)52-31-27(43)23-18(39)8-16(38)9-19(23)50-30(31)14-4-6-15(37)7-5-14/h4-11,13,22,24,26,28-29,32-42,44-45H,12H2,1-3H3/t13-,22+,24-,26-,28+,29-,32+,33+,34-,35-/m0/s1. The van der Waals surface area contributed by atoms with Gasteiger partial charge in [0.15, 0.2) is 35.8 Å². The van der Waals surface area contributed by atoms with E-state index in [4.69, 9.17) is 37.6 Å². The van der Waals surface area contributed by atoms with E-state index in [1.54, 1.807) is 0 Å². The minimum Gasteiger partial charge on any atom is -0.508 e. The summed E-state index contributed by atoms with van der Waals surface area (Å²) in [5.41, 5.74) is -1.06. The highest BCUT2D eigenvalue weighted by molar-refractivity contribution is 5.88. The van der Waals surface area contributed by atoms with Crippen LogP contribution >= 0.6 is 0 Å². The van der Waals surface area contributed by atoms with Crippen LogP contribution in [0, 0.1) is 0 Å². The second-order valence-electron chi connectivity index (χ2n) is 12.3. The van der Waals surface area contributed by atoms with E-state index in [2.05, 4.69) is 0 Å². The Labute approximate surface area is 299 Å². The number of aliphatic hydroxyl groups is 5. The van der Waals surface area contributed by atoms with Gasteiger partial charge in [0.2, 0.25) is 23.2 Å². The van der Waals surface area contributed by atoms with Crippen LogP contribution in [0.15, 0.2) is 57.7 Å². The van der Waals surface area contributed by atoms with Crippen molar-refractivity contribution in [3.8, 4) is 57.3 Å². The Bertz CT molecular complexity index is 1960. The van der Waals surface area contributed by atoms with Gasteiger partial charge < -0.3 is 83.5 Å². The Morgan fingerprint density at radius 2 is 1.38 bits per heavy atom. The fraction of sp³-hybridized carbons (Fsp3) is 0.400. The maximum Gasteiger partial charge on any atom is 0.239 e. The predicted molar refractivity (Wildman–Crippen MR) is 178 cm³/mol. The van der Waals surface area contributed by atoms with Crippen LogP contribution in [0.1, 0.15) is 6.92 Å². The normalized spacial score (nSPS) is 28.8. The first-order valence-corrected chi connectivity index (χ1v) is 16.2. The number of ether oxygens (including phenoxy) is 7. The Hall–Kier alpha value is -5.05. The van der Waals surface area contributed by atoms with Crippen molar-refractivity contribution in [1.82, 2.24) is 0 Å². The number of phenolic OH excluding ortho intramolecular Hbond substituents is 4. The van der Waals surface area contributed by atoms with Crippen LogP contribution in [0.2, 0.25) is 0 Å². The van der Waals surface area contributed by atoms with Crippen LogP contribution < -0.4 is 24.4 Å². The maximum atomic E-state index is 14.0. The molecule has 4 aromatic rings. The van der Waals surface area contributed by atoms with Gasteiger partial charge in [-0.2, -0.15) is 0 Å².